The zero-order chi connectivity index (χ0) is 12.4. The van der Waals surface area contributed by atoms with Crippen molar-refractivity contribution in [3.63, 3.8) is 0 Å². The zero-order valence-corrected chi connectivity index (χ0v) is 12.8. The molecule has 1 aromatic carbocycles. The van der Waals surface area contributed by atoms with Crippen LogP contribution in [-0.2, 0) is 5.33 Å². The first-order valence-corrected chi connectivity index (χ1v) is 7.71. The van der Waals surface area contributed by atoms with Crippen molar-refractivity contribution >= 4 is 33.2 Å². The summed E-state index contributed by atoms with van der Waals surface area (Å²) in [6.07, 6.45) is 1.27. The molecule has 0 bridgehead atoms. The fourth-order valence-corrected chi connectivity index (χ4v) is 3.07. The molecule has 1 aliphatic heterocycles. The number of alkyl halides is 1. The van der Waals surface area contributed by atoms with Crippen LogP contribution in [0.4, 0.5) is 5.69 Å². The van der Waals surface area contributed by atoms with Gasteiger partial charge in [0.25, 0.3) is 0 Å². The second-order valence-corrected chi connectivity index (χ2v) is 6.09. The Labute approximate surface area is 117 Å². The first-order valence-electron chi connectivity index (χ1n) is 6.21. The van der Waals surface area contributed by atoms with Gasteiger partial charge in [-0.05, 0) is 36.0 Å². The minimum atomic E-state index is 0.755. The predicted molar refractivity (Wildman–Crippen MR) is 79.2 cm³/mol. The van der Waals surface area contributed by atoms with Crippen molar-refractivity contribution < 1.29 is 0 Å². The highest BCUT2D eigenvalue weighted by Gasteiger charge is 2.24. The van der Waals surface area contributed by atoms with Crippen LogP contribution in [0.3, 0.4) is 0 Å². The predicted octanol–water partition coefficient (Wildman–Crippen LogP) is 4.72. The summed E-state index contributed by atoms with van der Waals surface area (Å²) in [5.74, 6) is 1.59. The molecular formula is C14H19BrClN. The largest absolute Gasteiger partial charge is 0.371 e. The second-order valence-electron chi connectivity index (χ2n) is 5.10. The average Bonchev–Trinajstić information content (AvgIpc) is 2.32. The molecule has 17 heavy (non-hydrogen) atoms. The highest BCUT2D eigenvalue weighted by molar-refractivity contribution is 9.08. The summed E-state index contributed by atoms with van der Waals surface area (Å²) in [6.45, 7) is 6.98. The Bertz CT molecular complexity index is 394. The number of nitrogens with zero attached hydrogens (tertiary/aromatic N) is 1. The van der Waals surface area contributed by atoms with Crippen molar-refractivity contribution in [3.8, 4) is 0 Å². The van der Waals surface area contributed by atoms with E-state index in [-0.39, 0.29) is 0 Å². The molecule has 0 aliphatic carbocycles. The SMILES string of the molecule is CC1CCN(c2cc(Cl)ccc2CBr)CC1C. The summed E-state index contributed by atoms with van der Waals surface area (Å²) in [5, 5.41) is 1.72. The van der Waals surface area contributed by atoms with E-state index in [0.29, 0.717) is 0 Å². The van der Waals surface area contributed by atoms with Crippen molar-refractivity contribution in [2.24, 2.45) is 11.8 Å². The monoisotopic (exact) mass is 315 g/mol. The lowest BCUT2D eigenvalue weighted by Gasteiger charge is -2.37. The van der Waals surface area contributed by atoms with Crippen LogP contribution in [0.1, 0.15) is 25.8 Å². The molecule has 1 saturated heterocycles. The van der Waals surface area contributed by atoms with Crippen LogP contribution < -0.4 is 4.90 Å². The molecule has 3 heteroatoms. The molecule has 0 spiro atoms. The lowest BCUT2D eigenvalue weighted by Crippen LogP contribution is -2.38. The Morgan fingerprint density at radius 1 is 1.35 bits per heavy atom. The number of anilines is 1. The Morgan fingerprint density at radius 3 is 2.76 bits per heavy atom. The maximum atomic E-state index is 6.12. The van der Waals surface area contributed by atoms with E-state index in [1.807, 2.05) is 6.07 Å². The van der Waals surface area contributed by atoms with Gasteiger partial charge in [0.1, 0.15) is 0 Å². The fourth-order valence-electron chi connectivity index (χ4n) is 2.43. The van der Waals surface area contributed by atoms with Gasteiger partial charge in [-0.15, -0.1) is 0 Å². The van der Waals surface area contributed by atoms with Crippen molar-refractivity contribution in [1.82, 2.24) is 0 Å². The second kappa shape index (κ2) is 5.62. The van der Waals surface area contributed by atoms with Gasteiger partial charge in [-0.1, -0.05) is 47.4 Å². The first kappa shape index (κ1) is 13.2. The molecule has 2 atom stereocenters. The lowest BCUT2D eigenvalue weighted by atomic mass is 9.88. The number of halogens is 2. The van der Waals surface area contributed by atoms with Gasteiger partial charge in [0, 0.05) is 29.1 Å². The van der Waals surface area contributed by atoms with E-state index >= 15 is 0 Å². The summed E-state index contributed by atoms with van der Waals surface area (Å²) in [5.41, 5.74) is 2.63. The molecule has 94 valence electrons. The number of hydrogen-bond acceptors (Lipinski definition) is 1. The van der Waals surface area contributed by atoms with Crippen LogP contribution >= 0.6 is 27.5 Å². The van der Waals surface area contributed by atoms with Crippen LogP contribution in [0.15, 0.2) is 18.2 Å². The molecular weight excluding hydrogens is 298 g/mol. The number of benzene rings is 1. The Kier molecular flexibility index (Phi) is 4.37. The Hall–Kier alpha value is -0.210. The van der Waals surface area contributed by atoms with E-state index in [1.54, 1.807) is 0 Å². The fraction of sp³-hybridized carbons (Fsp3) is 0.571. The molecule has 1 heterocycles. The molecule has 0 N–H and O–H groups in total. The van der Waals surface area contributed by atoms with Gasteiger partial charge in [-0.2, -0.15) is 0 Å². The van der Waals surface area contributed by atoms with Gasteiger partial charge < -0.3 is 4.90 Å². The topological polar surface area (TPSA) is 3.24 Å². The van der Waals surface area contributed by atoms with Crippen molar-refractivity contribution in [2.45, 2.75) is 25.6 Å². The van der Waals surface area contributed by atoms with Crippen LogP contribution in [0.25, 0.3) is 0 Å². The van der Waals surface area contributed by atoms with E-state index in [1.165, 1.54) is 17.7 Å². The van der Waals surface area contributed by atoms with Gasteiger partial charge >= 0.3 is 0 Å². The summed E-state index contributed by atoms with van der Waals surface area (Å²) in [6, 6.07) is 6.19. The first-order chi connectivity index (χ1) is 8.11. The van der Waals surface area contributed by atoms with Gasteiger partial charge in [0.15, 0.2) is 0 Å². The molecule has 2 rings (SSSR count). The van der Waals surface area contributed by atoms with Crippen LogP contribution in [-0.4, -0.2) is 13.1 Å². The summed E-state index contributed by atoms with van der Waals surface area (Å²) in [7, 11) is 0. The Balaban J connectivity index is 2.24. The molecule has 0 aromatic heterocycles. The lowest BCUT2D eigenvalue weighted by molar-refractivity contribution is 0.323. The van der Waals surface area contributed by atoms with Crippen molar-refractivity contribution in [3.05, 3.63) is 28.8 Å². The van der Waals surface area contributed by atoms with Gasteiger partial charge in [-0.3, -0.25) is 0 Å². The molecule has 0 amide bonds. The van der Waals surface area contributed by atoms with Gasteiger partial charge in [0.05, 0.1) is 0 Å². The van der Waals surface area contributed by atoms with Crippen LogP contribution in [0.5, 0.6) is 0 Å². The summed E-state index contributed by atoms with van der Waals surface area (Å²) < 4.78 is 0. The standard InChI is InChI=1S/C14H19BrClN/c1-10-5-6-17(9-11(10)2)14-7-13(16)4-3-12(14)8-15/h3-4,7,10-11H,5-6,8-9H2,1-2H3. The normalized spacial score (nSPS) is 25.1. The third-order valence-electron chi connectivity index (χ3n) is 3.87. The summed E-state index contributed by atoms with van der Waals surface area (Å²) in [4.78, 5) is 2.48. The smallest absolute Gasteiger partial charge is 0.0426 e. The minimum absolute atomic E-state index is 0.755. The van der Waals surface area contributed by atoms with E-state index in [4.69, 9.17) is 11.6 Å². The van der Waals surface area contributed by atoms with E-state index in [2.05, 4.69) is 46.8 Å². The Morgan fingerprint density at radius 2 is 2.12 bits per heavy atom. The minimum Gasteiger partial charge on any atom is -0.371 e. The maximum Gasteiger partial charge on any atom is 0.0426 e. The van der Waals surface area contributed by atoms with Gasteiger partial charge in [-0.25, -0.2) is 0 Å². The third-order valence-corrected chi connectivity index (χ3v) is 4.71. The highest BCUT2D eigenvalue weighted by Crippen LogP contribution is 2.32. The molecule has 0 saturated carbocycles. The molecule has 2 unspecified atom stereocenters. The summed E-state index contributed by atoms with van der Waals surface area (Å²) >= 11 is 9.67. The van der Waals surface area contributed by atoms with Crippen LogP contribution in [0.2, 0.25) is 5.02 Å². The number of piperidine rings is 1. The number of rotatable bonds is 2. The van der Waals surface area contributed by atoms with E-state index in [9.17, 15) is 0 Å². The third kappa shape index (κ3) is 2.97. The van der Waals surface area contributed by atoms with E-state index in [0.717, 1.165) is 35.3 Å². The van der Waals surface area contributed by atoms with E-state index < -0.39 is 0 Å². The van der Waals surface area contributed by atoms with Crippen molar-refractivity contribution in [1.29, 1.82) is 0 Å². The molecule has 1 nitrogen and oxygen atoms in total. The average molecular weight is 317 g/mol. The quantitative estimate of drug-likeness (QED) is 0.714. The molecule has 1 fully saturated rings. The highest BCUT2D eigenvalue weighted by atomic mass is 79.9. The maximum absolute atomic E-state index is 6.12. The molecule has 1 aliphatic rings. The van der Waals surface area contributed by atoms with Gasteiger partial charge in [0.2, 0.25) is 0 Å². The number of hydrogen-bond donors (Lipinski definition) is 0. The van der Waals surface area contributed by atoms with Crippen LogP contribution in [0, 0.1) is 11.8 Å². The van der Waals surface area contributed by atoms with Crippen molar-refractivity contribution in [2.75, 3.05) is 18.0 Å². The molecule has 0 radical (unpaired) electrons. The molecule has 1 aromatic rings. The zero-order valence-electron chi connectivity index (χ0n) is 10.4.